The molecule has 3 heteroatoms. The molecule has 2 fully saturated rings. The maximum absolute atomic E-state index is 10.9. The molecule has 0 heterocycles. The molecule has 0 saturated heterocycles. The highest BCUT2D eigenvalue weighted by Gasteiger charge is 2.49. The molecule has 2 saturated carbocycles. The van der Waals surface area contributed by atoms with Crippen LogP contribution in [-0.2, 0) is 9.53 Å². The van der Waals surface area contributed by atoms with E-state index in [2.05, 4.69) is 0 Å². The highest BCUT2D eigenvalue weighted by molar-refractivity contribution is 5.77. The molecule has 0 radical (unpaired) electrons. The van der Waals surface area contributed by atoms with Crippen molar-refractivity contribution >= 4 is 5.97 Å². The first-order valence-electron chi connectivity index (χ1n) is 7.04. The van der Waals surface area contributed by atoms with Crippen molar-refractivity contribution in [1.82, 2.24) is 0 Å². The van der Waals surface area contributed by atoms with E-state index in [0.717, 1.165) is 51.2 Å². The van der Waals surface area contributed by atoms with Gasteiger partial charge in [0.1, 0.15) is 0 Å². The van der Waals surface area contributed by atoms with E-state index in [-0.39, 0.29) is 5.41 Å². The lowest BCUT2D eigenvalue weighted by atomic mass is 10.00. The van der Waals surface area contributed by atoms with Crippen LogP contribution in [-0.4, -0.2) is 24.3 Å². The van der Waals surface area contributed by atoms with Crippen LogP contribution >= 0.6 is 0 Å². The number of carboxylic acid groups (broad SMARTS) is 1. The number of rotatable bonds is 10. The Morgan fingerprint density at radius 2 is 1.88 bits per heavy atom. The first kappa shape index (κ1) is 12.9. The van der Waals surface area contributed by atoms with Crippen molar-refractivity contribution in [1.29, 1.82) is 0 Å². The number of carboxylic acids is 1. The van der Waals surface area contributed by atoms with Gasteiger partial charge in [0.25, 0.3) is 0 Å². The molecule has 17 heavy (non-hydrogen) atoms. The lowest BCUT2D eigenvalue weighted by Gasteiger charge is -2.09. The Morgan fingerprint density at radius 1 is 1.18 bits per heavy atom. The van der Waals surface area contributed by atoms with Gasteiger partial charge in [-0.25, -0.2) is 0 Å². The summed E-state index contributed by atoms with van der Waals surface area (Å²) in [5, 5.41) is 9.00. The molecule has 2 aliphatic carbocycles. The standard InChI is InChI=1S/C14H24O3/c15-13(16)14(8-9-14)7-1-2-10-17-11-3-4-12-5-6-12/h12H,1-11H2,(H,15,16). The lowest BCUT2D eigenvalue weighted by Crippen LogP contribution is -2.14. The summed E-state index contributed by atoms with van der Waals surface area (Å²) in [5.74, 6) is 0.409. The predicted molar refractivity (Wildman–Crippen MR) is 65.9 cm³/mol. The Hall–Kier alpha value is -0.570. The predicted octanol–water partition coefficient (Wildman–Crippen LogP) is 3.23. The zero-order chi connectivity index (χ0) is 12.1. The van der Waals surface area contributed by atoms with Crippen molar-refractivity contribution in [3.05, 3.63) is 0 Å². The third-order valence-corrected chi connectivity index (χ3v) is 4.10. The molecule has 2 aliphatic rings. The van der Waals surface area contributed by atoms with Gasteiger partial charge >= 0.3 is 5.97 Å². The average Bonchev–Trinajstić information content (AvgIpc) is 3.15. The topological polar surface area (TPSA) is 46.5 Å². The van der Waals surface area contributed by atoms with Crippen molar-refractivity contribution in [3.8, 4) is 0 Å². The van der Waals surface area contributed by atoms with Gasteiger partial charge < -0.3 is 9.84 Å². The van der Waals surface area contributed by atoms with E-state index in [9.17, 15) is 4.79 Å². The first-order valence-corrected chi connectivity index (χ1v) is 7.04. The molecule has 3 nitrogen and oxygen atoms in total. The molecule has 0 aliphatic heterocycles. The minimum atomic E-state index is -0.595. The number of unbranched alkanes of at least 4 members (excludes halogenated alkanes) is 1. The Morgan fingerprint density at radius 3 is 2.47 bits per heavy atom. The molecular weight excluding hydrogens is 216 g/mol. The van der Waals surface area contributed by atoms with E-state index < -0.39 is 5.97 Å². The number of carbonyl (C=O) groups is 1. The number of hydrogen-bond donors (Lipinski definition) is 1. The highest BCUT2D eigenvalue weighted by Crippen LogP contribution is 2.50. The van der Waals surface area contributed by atoms with Gasteiger partial charge in [0.2, 0.25) is 0 Å². The van der Waals surface area contributed by atoms with Gasteiger partial charge in [0, 0.05) is 13.2 Å². The number of hydrogen-bond acceptors (Lipinski definition) is 2. The quantitative estimate of drug-likeness (QED) is 0.596. The Balaban J connectivity index is 1.37. The van der Waals surface area contributed by atoms with E-state index in [4.69, 9.17) is 9.84 Å². The van der Waals surface area contributed by atoms with Gasteiger partial charge in [0.05, 0.1) is 5.41 Å². The molecule has 0 spiro atoms. The molecule has 1 N–H and O–H groups in total. The molecule has 0 amide bonds. The molecule has 0 aromatic carbocycles. The summed E-state index contributed by atoms with van der Waals surface area (Å²) >= 11 is 0. The summed E-state index contributed by atoms with van der Waals surface area (Å²) < 4.78 is 5.56. The maximum atomic E-state index is 10.9. The molecule has 2 rings (SSSR count). The zero-order valence-electron chi connectivity index (χ0n) is 10.6. The third kappa shape index (κ3) is 4.30. The Bertz CT molecular complexity index is 254. The summed E-state index contributed by atoms with van der Waals surface area (Å²) in [6, 6.07) is 0. The fourth-order valence-electron chi connectivity index (χ4n) is 2.37. The molecule has 0 aromatic heterocycles. The summed E-state index contributed by atoms with van der Waals surface area (Å²) in [6.45, 7) is 1.70. The molecule has 0 aromatic rings. The second kappa shape index (κ2) is 5.85. The van der Waals surface area contributed by atoms with Crippen LogP contribution in [0.25, 0.3) is 0 Å². The van der Waals surface area contributed by atoms with Crippen molar-refractivity contribution < 1.29 is 14.6 Å². The molecule has 0 bridgehead atoms. The van der Waals surface area contributed by atoms with E-state index >= 15 is 0 Å². The monoisotopic (exact) mass is 240 g/mol. The van der Waals surface area contributed by atoms with Gasteiger partial charge in [0.15, 0.2) is 0 Å². The van der Waals surface area contributed by atoms with Crippen LogP contribution in [0.4, 0.5) is 0 Å². The Labute approximate surface area is 104 Å². The summed E-state index contributed by atoms with van der Waals surface area (Å²) in [5.41, 5.74) is -0.341. The van der Waals surface area contributed by atoms with Crippen LogP contribution in [0.15, 0.2) is 0 Å². The van der Waals surface area contributed by atoms with E-state index in [1.54, 1.807) is 0 Å². The van der Waals surface area contributed by atoms with Crippen LogP contribution in [0.2, 0.25) is 0 Å². The summed E-state index contributed by atoms with van der Waals surface area (Å²) in [6.07, 6.45) is 10.00. The fraction of sp³-hybridized carbons (Fsp3) is 0.929. The van der Waals surface area contributed by atoms with Crippen LogP contribution in [0.3, 0.4) is 0 Å². The highest BCUT2D eigenvalue weighted by atomic mass is 16.5. The molecule has 98 valence electrons. The second-order valence-electron chi connectivity index (χ2n) is 5.74. The number of aliphatic carboxylic acids is 1. The van der Waals surface area contributed by atoms with Gasteiger partial charge in [-0.1, -0.05) is 19.3 Å². The van der Waals surface area contributed by atoms with Gasteiger partial charge in [-0.15, -0.1) is 0 Å². The second-order valence-corrected chi connectivity index (χ2v) is 5.74. The largest absolute Gasteiger partial charge is 0.481 e. The SMILES string of the molecule is O=C(O)C1(CCCCOCCCC2CC2)CC1. The molecule has 0 unspecified atom stereocenters. The van der Waals surface area contributed by atoms with Gasteiger partial charge in [-0.2, -0.15) is 0 Å². The van der Waals surface area contributed by atoms with Crippen LogP contribution in [0, 0.1) is 11.3 Å². The minimum absolute atomic E-state index is 0.341. The smallest absolute Gasteiger partial charge is 0.309 e. The maximum Gasteiger partial charge on any atom is 0.309 e. The van der Waals surface area contributed by atoms with Crippen LogP contribution < -0.4 is 0 Å². The van der Waals surface area contributed by atoms with Crippen LogP contribution in [0.1, 0.15) is 57.8 Å². The average molecular weight is 240 g/mol. The summed E-state index contributed by atoms with van der Waals surface area (Å²) in [7, 11) is 0. The minimum Gasteiger partial charge on any atom is -0.481 e. The zero-order valence-corrected chi connectivity index (χ0v) is 10.6. The lowest BCUT2D eigenvalue weighted by molar-refractivity contribution is -0.143. The molecule has 0 atom stereocenters. The van der Waals surface area contributed by atoms with Crippen molar-refractivity contribution in [2.45, 2.75) is 57.8 Å². The van der Waals surface area contributed by atoms with E-state index in [0.29, 0.717) is 0 Å². The van der Waals surface area contributed by atoms with E-state index in [1.165, 1.54) is 25.7 Å². The van der Waals surface area contributed by atoms with Crippen molar-refractivity contribution in [3.63, 3.8) is 0 Å². The molecular formula is C14H24O3. The van der Waals surface area contributed by atoms with Crippen LogP contribution in [0.5, 0.6) is 0 Å². The van der Waals surface area contributed by atoms with Crippen molar-refractivity contribution in [2.75, 3.05) is 13.2 Å². The van der Waals surface area contributed by atoms with E-state index in [1.807, 2.05) is 0 Å². The van der Waals surface area contributed by atoms with Gasteiger partial charge in [-0.3, -0.25) is 4.79 Å². The normalized spacial score (nSPS) is 21.4. The summed E-state index contributed by atoms with van der Waals surface area (Å²) in [4.78, 5) is 10.9. The fourth-order valence-corrected chi connectivity index (χ4v) is 2.37. The van der Waals surface area contributed by atoms with Gasteiger partial charge in [-0.05, 0) is 44.4 Å². The Kier molecular flexibility index (Phi) is 4.43. The van der Waals surface area contributed by atoms with Crippen molar-refractivity contribution in [2.24, 2.45) is 11.3 Å². The number of ether oxygens (including phenoxy) is 1. The third-order valence-electron chi connectivity index (χ3n) is 4.10. The first-order chi connectivity index (χ1) is 8.23.